The molecule has 20 heavy (non-hydrogen) atoms. The fraction of sp³-hybridized carbons (Fsp3) is 0.500. The van der Waals surface area contributed by atoms with E-state index in [0.717, 1.165) is 25.7 Å². The number of nitrogens with one attached hydrogen (secondary N) is 1. The van der Waals surface area contributed by atoms with E-state index in [-0.39, 0.29) is 11.8 Å². The zero-order valence-electron chi connectivity index (χ0n) is 11.9. The average molecular weight is 290 g/mol. The van der Waals surface area contributed by atoms with Crippen molar-refractivity contribution in [3.05, 3.63) is 35.9 Å². The summed E-state index contributed by atoms with van der Waals surface area (Å²) in [5.41, 5.74) is 6.44. The molecule has 3 N–H and O–H groups in total. The number of carbonyl (C=O) groups excluding carboxylic acids is 1. The van der Waals surface area contributed by atoms with E-state index in [0.29, 0.717) is 11.5 Å². The zero-order chi connectivity index (χ0) is 14.6. The first-order valence-electron chi connectivity index (χ1n) is 7.19. The van der Waals surface area contributed by atoms with Crippen molar-refractivity contribution in [3.63, 3.8) is 0 Å². The van der Waals surface area contributed by atoms with Gasteiger partial charge in [-0.1, -0.05) is 62.3 Å². The summed E-state index contributed by atoms with van der Waals surface area (Å²) in [4.78, 5) is 12.8. The summed E-state index contributed by atoms with van der Waals surface area (Å²) in [6.45, 7) is 2.73. The van der Waals surface area contributed by atoms with Crippen LogP contribution < -0.4 is 11.1 Å². The molecule has 108 valence electrons. The Morgan fingerprint density at radius 2 is 1.95 bits per heavy atom. The Hall–Kier alpha value is -1.42. The third kappa shape index (κ3) is 3.01. The Morgan fingerprint density at radius 1 is 1.35 bits per heavy atom. The van der Waals surface area contributed by atoms with Gasteiger partial charge in [0.05, 0.1) is 10.4 Å². The Kier molecular flexibility index (Phi) is 4.76. The quantitative estimate of drug-likeness (QED) is 0.820. The minimum atomic E-state index is -0.605. The predicted octanol–water partition coefficient (Wildman–Crippen LogP) is 2.75. The molecule has 4 heteroatoms. The van der Waals surface area contributed by atoms with Gasteiger partial charge in [0.25, 0.3) is 0 Å². The Bertz CT molecular complexity index is 481. The molecule has 0 radical (unpaired) electrons. The number of nitrogens with two attached hydrogens (primary N) is 1. The third-order valence-electron chi connectivity index (χ3n) is 4.30. The number of hydrogen-bond donors (Lipinski definition) is 2. The minimum Gasteiger partial charge on any atom is -0.392 e. The Morgan fingerprint density at radius 3 is 2.50 bits per heavy atom. The molecule has 1 aliphatic carbocycles. The first kappa shape index (κ1) is 15.0. The first-order valence-corrected chi connectivity index (χ1v) is 7.60. The molecule has 1 amide bonds. The van der Waals surface area contributed by atoms with Crippen molar-refractivity contribution in [1.82, 2.24) is 5.32 Å². The van der Waals surface area contributed by atoms with Crippen LogP contribution in [0.1, 0.15) is 44.1 Å². The van der Waals surface area contributed by atoms with E-state index in [1.165, 1.54) is 5.56 Å². The summed E-state index contributed by atoms with van der Waals surface area (Å²) in [5.74, 6) is 0.287. The maximum Gasteiger partial charge on any atom is 0.233 e. The fourth-order valence-corrected chi connectivity index (χ4v) is 3.18. The van der Waals surface area contributed by atoms with Gasteiger partial charge in [-0.15, -0.1) is 0 Å². The highest BCUT2D eigenvalue weighted by molar-refractivity contribution is 7.80. The maximum atomic E-state index is 12.5. The molecule has 0 spiro atoms. The molecule has 0 saturated heterocycles. The largest absolute Gasteiger partial charge is 0.392 e. The number of hydrogen-bond acceptors (Lipinski definition) is 2. The van der Waals surface area contributed by atoms with Crippen molar-refractivity contribution < 1.29 is 4.79 Å². The smallest absolute Gasteiger partial charge is 0.233 e. The molecule has 0 heterocycles. The van der Waals surface area contributed by atoms with Gasteiger partial charge in [-0.05, 0) is 24.3 Å². The van der Waals surface area contributed by atoms with Crippen LogP contribution in [-0.4, -0.2) is 17.4 Å². The van der Waals surface area contributed by atoms with E-state index < -0.39 is 5.41 Å². The molecule has 1 atom stereocenters. The normalized spacial score (nSPS) is 18.4. The van der Waals surface area contributed by atoms with Crippen LogP contribution in [0.2, 0.25) is 0 Å². The molecule has 3 nitrogen and oxygen atoms in total. The SMILES string of the molecule is CC(CNC(=O)C1(C(N)=S)CCCC1)c1ccccc1. The molecule has 1 aliphatic rings. The summed E-state index contributed by atoms with van der Waals surface area (Å²) >= 11 is 5.13. The second-order valence-corrected chi connectivity index (χ2v) is 6.12. The van der Waals surface area contributed by atoms with Crippen molar-refractivity contribution in [2.24, 2.45) is 11.1 Å². The van der Waals surface area contributed by atoms with Crippen LogP contribution in [0.25, 0.3) is 0 Å². The first-order chi connectivity index (χ1) is 9.56. The molecule has 1 aromatic carbocycles. The van der Waals surface area contributed by atoms with Gasteiger partial charge in [0.15, 0.2) is 0 Å². The van der Waals surface area contributed by atoms with Crippen LogP contribution in [0.4, 0.5) is 0 Å². The lowest BCUT2D eigenvalue weighted by molar-refractivity contribution is -0.127. The van der Waals surface area contributed by atoms with E-state index in [2.05, 4.69) is 24.4 Å². The standard InChI is InChI=1S/C16H22N2OS/c1-12(13-7-3-2-4-8-13)11-18-15(19)16(14(17)20)9-5-6-10-16/h2-4,7-8,12H,5-6,9-11H2,1H3,(H2,17,20)(H,18,19). The van der Waals surface area contributed by atoms with Crippen LogP contribution >= 0.6 is 12.2 Å². The van der Waals surface area contributed by atoms with Crippen molar-refractivity contribution >= 4 is 23.1 Å². The number of amides is 1. The van der Waals surface area contributed by atoms with Crippen molar-refractivity contribution in [3.8, 4) is 0 Å². The van der Waals surface area contributed by atoms with Crippen LogP contribution in [0.15, 0.2) is 30.3 Å². The number of benzene rings is 1. The van der Waals surface area contributed by atoms with Crippen molar-refractivity contribution in [1.29, 1.82) is 0 Å². The number of rotatable bonds is 5. The second-order valence-electron chi connectivity index (χ2n) is 5.68. The highest BCUT2D eigenvalue weighted by Gasteiger charge is 2.43. The third-order valence-corrected chi connectivity index (χ3v) is 4.69. The molecule has 2 rings (SSSR count). The average Bonchev–Trinajstić information content (AvgIpc) is 2.96. The topological polar surface area (TPSA) is 55.1 Å². The molecule has 1 saturated carbocycles. The highest BCUT2D eigenvalue weighted by Crippen LogP contribution is 2.38. The van der Waals surface area contributed by atoms with Gasteiger partial charge in [-0.25, -0.2) is 0 Å². The minimum absolute atomic E-state index is 0.00489. The van der Waals surface area contributed by atoms with Crippen LogP contribution in [0.3, 0.4) is 0 Å². The lowest BCUT2D eigenvalue weighted by Crippen LogP contribution is -2.47. The van der Waals surface area contributed by atoms with E-state index in [4.69, 9.17) is 18.0 Å². The Balaban J connectivity index is 1.96. The molecule has 0 bridgehead atoms. The van der Waals surface area contributed by atoms with Gasteiger partial charge in [-0.2, -0.15) is 0 Å². The van der Waals surface area contributed by atoms with Crippen LogP contribution in [-0.2, 0) is 4.79 Å². The van der Waals surface area contributed by atoms with E-state index in [1.54, 1.807) is 0 Å². The van der Waals surface area contributed by atoms with Crippen molar-refractivity contribution in [2.75, 3.05) is 6.54 Å². The van der Waals surface area contributed by atoms with Crippen LogP contribution in [0.5, 0.6) is 0 Å². The predicted molar refractivity (Wildman–Crippen MR) is 85.6 cm³/mol. The summed E-state index contributed by atoms with van der Waals surface area (Å²) in [6.07, 6.45) is 3.62. The summed E-state index contributed by atoms with van der Waals surface area (Å²) < 4.78 is 0. The van der Waals surface area contributed by atoms with Gasteiger partial charge >= 0.3 is 0 Å². The summed E-state index contributed by atoms with van der Waals surface area (Å²) in [5, 5.41) is 3.04. The Labute approximate surface area is 125 Å². The fourth-order valence-electron chi connectivity index (χ4n) is 2.88. The maximum absolute atomic E-state index is 12.5. The molecule has 1 unspecified atom stereocenters. The van der Waals surface area contributed by atoms with Gasteiger partial charge < -0.3 is 11.1 Å². The van der Waals surface area contributed by atoms with Crippen molar-refractivity contribution in [2.45, 2.75) is 38.5 Å². The molecular weight excluding hydrogens is 268 g/mol. The lowest BCUT2D eigenvalue weighted by atomic mass is 9.85. The van der Waals surface area contributed by atoms with E-state index >= 15 is 0 Å². The molecular formula is C16H22N2OS. The van der Waals surface area contributed by atoms with Gasteiger partial charge in [0, 0.05) is 6.54 Å². The van der Waals surface area contributed by atoms with Gasteiger partial charge in [-0.3, -0.25) is 4.79 Å². The van der Waals surface area contributed by atoms with E-state index in [9.17, 15) is 4.79 Å². The zero-order valence-corrected chi connectivity index (χ0v) is 12.7. The highest BCUT2D eigenvalue weighted by atomic mass is 32.1. The number of carbonyl (C=O) groups is 1. The van der Waals surface area contributed by atoms with Crippen LogP contribution in [0, 0.1) is 5.41 Å². The molecule has 1 fully saturated rings. The van der Waals surface area contributed by atoms with E-state index in [1.807, 2.05) is 18.2 Å². The van der Waals surface area contributed by atoms with Gasteiger partial charge in [0.1, 0.15) is 0 Å². The second kappa shape index (κ2) is 6.35. The molecule has 1 aromatic rings. The summed E-state index contributed by atoms with van der Waals surface area (Å²) in [6, 6.07) is 10.2. The number of thiocarbonyl (C=S) groups is 1. The molecule has 0 aromatic heterocycles. The van der Waals surface area contributed by atoms with Gasteiger partial charge in [0.2, 0.25) is 5.91 Å². The monoisotopic (exact) mass is 290 g/mol. The molecule has 0 aliphatic heterocycles. The summed E-state index contributed by atoms with van der Waals surface area (Å²) in [7, 11) is 0. The lowest BCUT2D eigenvalue weighted by Gasteiger charge is -2.27.